The van der Waals surface area contributed by atoms with Crippen LogP contribution >= 0.6 is 0 Å². The molecule has 1 rings (SSSR count). The molecule has 0 aromatic heterocycles. The number of rotatable bonds is 7. The number of nitrogens with two attached hydrogens (primary N) is 1. The molecule has 1 aromatic rings. The number of amides is 1. The van der Waals surface area contributed by atoms with E-state index in [1.54, 1.807) is 19.2 Å². The van der Waals surface area contributed by atoms with Crippen molar-refractivity contribution in [3.05, 3.63) is 35.6 Å². The number of ether oxygens (including phenoxy) is 1. The molecule has 1 atom stereocenters. The maximum Gasteiger partial charge on any atom is 0.242 e. The largest absolute Gasteiger partial charge is 0.383 e. The highest BCUT2D eigenvalue weighted by molar-refractivity contribution is 5.86. The van der Waals surface area contributed by atoms with Crippen LogP contribution in [0.1, 0.15) is 18.9 Å². The Bertz CT molecular complexity index is 394. The number of primary amides is 1. The zero-order valence-corrected chi connectivity index (χ0v) is 10.7. The zero-order valence-electron chi connectivity index (χ0n) is 10.7. The van der Waals surface area contributed by atoms with Gasteiger partial charge in [-0.3, -0.25) is 10.1 Å². The van der Waals surface area contributed by atoms with Crippen molar-refractivity contribution in [1.29, 1.82) is 0 Å². The highest BCUT2D eigenvalue weighted by Crippen LogP contribution is 2.25. The van der Waals surface area contributed by atoms with E-state index in [1.807, 2.05) is 6.92 Å². The Morgan fingerprint density at radius 3 is 2.50 bits per heavy atom. The number of methoxy groups -OCH3 is 1. The summed E-state index contributed by atoms with van der Waals surface area (Å²) >= 11 is 0. The Labute approximate surface area is 106 Å². The van der Waals surface area contributed by atoms with E-state index in [2.05, 4.69) is 5.32 Å². The van der Waals surface area contributed by atoms with Crippen LogP contribution in [0, 0.1) is 5.82 Å². The van der Waals surface area contributed by atoms with Gasteiger partial charge in [0.15, 0.2) is 0 Å². The Balaban J connectivity index is 3.02. The molecule has 1 unspecified atom stereocenters. The summed E-state index contributed by atoms with van der Waals surface area (Å²) < 4.78 is 17.9. The first-order valence-corrected chi connectivity index (χ1v) is 5.86. The van der Waals surface area contributed by atoms with E-state index in [4.69, 9.17) is 10.5 Å². The second kappa shape index (κ2) is 6.47. The number of nitrogens with one attached hydrogen (secondary N) is 1. The average molecular weight is 254 g/mol. The van der Waals surface area contributed by atoms with Gasteiger partial charge in [0.05, 0.1) is 6.61 Å². The van der Waals surface area contributed by atoms with Crippen molar-refractivity contribution in [2.24, 2.45) is 5.73 Å². The van der Waals surface area contributed by atoms with Crippen molar-refractivity contribution in [3.63, 3.8) is 0 Å². The van der Waals surface area contributed by atoms with Crippen LogP contribution in [0.2, 0.25) is 0 Å². The molecule has 0 aliphatic heterocycles. The summed E-state index contributed by atoms with van der Waals surface area (Å²) in [5.74, 6) is -0.821. The summed E-state index contributed by atoms with van der Waals surface area (Å²) in [5, 5.41) is 3.10. The standard InChI is InChI=1S/C13H19FN2O2/c1-3-13(12(15)17,16-8-9-18-2)10-4-6-11(14)7-5-10/h4-7,16H,3,8-9H2,1-2H3,(H2,15,17). The van der Waals surface area contributed by atoms with Crippen molar-refractivity contribution in [2.75, 3.05) is 20.3 Å². The summed E-state index contributed by atoms with van der Waals surface area (Å²) in [6, 6.07) is 5.79. The lowest BCUT2D eigenvalue weighted by Gasteiger charge is -2.31. The van der Waals surface area contributed by atoms with E-state index in [0.717, 1.165) is 0 Å². The molecule has 0 bridgehead atoms. The maximum atomic E-state index is 12.9. The third-order valence-electron chi connectivity index (χ3n) is 3.02. The molecule has 0 spiro atoms. The molecule has 0 heterocycles. The highest BCUT2D eigenvalue weighted by Gasteiger charge is 2.36. The van der Waals surface area contributed by atoms with Gasteiger partial charge in [-0.25, -0.2) is 4.39 Å². The van der Waals surface area contributed by atoms with E-state index in [9.17, 15) is 9.18 Å². The second-order valence-corrected chi connectivity index (χ2v) is 4.05. The number of halogens is 1. The number of carbonyl (C=O) groups excluding carboxylic acids is 1. The van der Waals surface area contributed by atoms with Gasteiger partial charge < -0.3 is 10.5 Å². The molecule has 1 aromatic carbocycles. The van der Waals surface area contributed by atoms with Gasteiger partial charge in [-0.1, -0.05) is 19.1 Å². The molecule has 18 heavy (non-hydrogen) atoms. The van der Waals surface area contributed by atoms with Crippen LogP contribution in [0.25, 0.3) is 0 Å². The lowest BCUT2D eigenvalue weighted by molar-refractivity contribution is -0.125. The highest BCUT2D eigenvalue weighted by atomic mass is 19.1. The summed E-state index contributed by atoms with van der Waals surface area (Å²) in [4.78, 5) is 11.8. The normalized spacial score (nSPS) is 14.2. The fourth-order valence-electron chi connectivity index (χ4n) is 1.94. The first kappa shape index (κ1) is 14.6. The average Bonchev–Trinajstić information content (AvgIpc) is 2.36. The minimum absolute atomic E-state index is 0.342. The van der Waals surface area contributed by atoms with Gasteiger partial charge in [0.1, 0.15) is 11.4 Å². The van der Waals surface area contributed by atoms with Crippen molar-refractivity contribution in [3.8, 4) is 0 Å². The van der Waals surface area contributed by atoms with E-state index < -0.39 is 11.4 Å². The zero-order chi connectivity index (χ0) is 13.6. The lowest BCUT2D eigenvalue weighted by atomic mass is 9.86. The fraction of sp³-hybridized carbons (Fsp3) is 0.462. The summed E-state index contributed by atoms with van der Waals surface area (Å²) in [5.41, 5.74) is 5.18. The van der Waals surface area contributed by atoms with Crippen molar-refractivity contribution >= 4 is 5.91 Å². The lowest BCUT2D eigenvalue weighted by Crippen LogP contribution is -2.53. The van der Waals surface area contributed by atoms with Gasteiger partial charge in [-0.05, 0) is 24.1 Å². The third kappa shape index (κ3) is 3.05. The van der Waals surface area contributed by atoms with E-state index in [-0.39, 0.29) is 5.82 Å². The van der Waals surface area contributed by atoms with Crippen LogP contribution in [0.15, 0.2) is 24.3 Å². The molecule has 0 aliphatic rings. The first-order chi connectivity index (χ1) is 8.56. The van der Waals surface area contributed by atoms with Crippen molar-refractivity contribution in [1.82, 2.24) is 5.32 Å². The van der Waals surface area contributed by atoms with Crippen LogP contribution in [-0.2, 0) is 15.1 Å². The number of hydrogen-bond donors (Lipinski definition) is 2. The monoisotopic (exact) mass is 254 g/mol. The molecule has 1 amide bonds. The Morgan fingerprint density at radius 1 is 1.44 bits per heavy atom. The van der Waals surface area contributed by atoms with Gasteiger partial charge in [-0.2, -0.15) is 0 Å². The van der Waals surface area contributed by atoms with Gasteiger partial charge >= 0.3 is 0 Å². The molecule has 100 valence electrons. The van der Waals surface area contributed by atoms with Gasteiger partial charge in [-0.15, -0.1) is 0 Å². The molecule has 0 aliphatic carbocycles. The molecule has 5 heteroatoms. The minimum atomic E-state index is -0.980. The number of hydrogen-bond acceptors (Lipinski definition) is 3. The van der Waals surface area contributed by atoms with E-state index in [0.29, 0.717) is 25.1 Å². The van der Waals surface area contributed by atoms with Gasteiger partial charge in [0, 0.05) is 13.7 Å². The Kier molecular flexibility index (Phi) is 5.25. The quantitative estimate of drug-likeness (QED) is 0.717. The Morgan fingerprint density at radius 2 is 2.06 bits per heavy atom. The number of carbonyl (C=O) groups is 1. The molecular weight excluding hydrogens is 235 g/mol. The van der Waals surface area contributed by atoms with Gasteiger partial charge in [0.25, 0.3) is 0 Å². The third-order valence-corrected chi connectivity index (χ3v) is 3.02. The summed E-state index contributed by atoms with van der Waals surface area (Å²) in [7, 11) is 1.58. The van der Waals surface area contributed by atoms with Crippen LogP contribution < -0.4 is 11.1 Å². The summed E-state index contributed by atoms with van der Waals surface area (Å²) in [6.07, 6.45) is 0.484. The SMILES string of the molecule is CCC(NCCOC)(C(N)=O)c1ccc(F)cc1. The predicted octanol–water partition coefficient (Wildman–Crippen LogP) is 1.15. The molecule has 0 saturated heterocycles. The molecule has 3 N–H and O–H groups in total. The molecule has 0 fully saturated rings. The Hall–Kier alpha value is -1.46. The van der Waals surface area contributed by atoms with Crippen LogP contribution in [-0.4, -0.2) is 26.2 Å². The maximum absolute atomic E-state index is 12.9. The molecular formula is C13H19FN2O2. The second-order valence-electron chi connectivity index (χ2n) is 4.05. The number of benzene rings is 1. The molecule has 0 saturated carbocycles. The van der Waals surface area contributed by atoms with Crippen LogP contribution in [0.3, 0.4) is 0 Å². The molecule has 0 radical (unpaired) electrons. The van der Waals surface area contributed by atoms with Gasteiger partial charge in [0.2, 0.25) is 5.91 Å². The van der Waals surface area contributed by atoms with Crippen molar-refractivity contribution in [2.45, 2.75) is 18.9 Å². The molecule has 4 nitrogen and oxygen atoms in total. The smallest absolute Gasteiger partial charge is 0.242 e. The predicted molar refractivity (Wildman–Crippen MR) is 67.4 cm³/mol. The van der Waals surface area contributed by atoms with E-state index in [1.165, 1.54) is 12.1 Å². The first-order valence-electron chi connectivity index (χ1n) is 5.86. The van der Waals surface area contributed by atoms with Crippen LogP contribution in [0.5, 0.6) is 0 Å². The van der Waals surface area contributed by atoms with Crippen LogP contribution in [0.4, 0.5) is 4.39 Å². The minimum Gasteiger partial charge on any atom is -0.383 e. The van der Waals surface area contributed by atoms with Crippen molar-refractivity contribution < 1.29 is 13.9 Å². The topological polar surface area (TPSA) is 64.3 Å². The fourth-order valence-corrected chi connectivity index (χ4v) is 1.94. The van der Waals surface area contributed by atoms with E-state index >= 15 is 0 Å². The summed E-state index contributed by atoms with van der Waals surface area (Å²) in [6.45, 7) is 2.81.